The molecule has 0 spiro atoms. The van der Waals surface area contributed by atoms with Gasteiger partial charge in [-0.3, -0.25) is 4.79 Å². The van der Waals surface area contributed by atoms with E-state index in [0.717, 1.165) is 20.9 Å². The van der Waals surface area contributed by atoms with Gasteiger partial charge in [-0.25, -0.2) is 4.98 Å². The van der Waals surface area contributed by atoms with Crippen molar-refractivity contribution in [1.29, 1.82) is 0 Å². The summed E-state index contributed by atoms with van der Waals surface area (Å²) in [7, 11) is 1.67. The maximum absolute atomic E-state index is 12.8. The number of methoxy groups -OCH3 is 1. The SMILES string of the molecule is CO[C@H](C)CN1C(=O)c2cc(-c3ccnc(Cl)c3)sc2C1(C)C. The van der Waals surface area contributed by atoms with Crippen molar-refractivity contribution < 1.29 is 9.53 Å². The molecule has 0 N–H and O–H groups in total. The highest BCUT2D eigenvalue weighted by atomic mass is 35.5. The van der Waals surface area contributed by atoms with Crippen molar-refractivity contribution in [3.8, 4) is 10.4 Å². The van der Waals surface area contributed by atoms with Gasteiger partial charge in [-0.2, -0.15) is 0 Å². The van der Waals surface area contributed by atoms with Crippen LogP contribution in [0.4, 0.5) is 0 Å². The van der Waals surface area contributed by atoms with Gasteiger partial charge in [0.05, 0.1) is 17.2 Å². The van der Waals surface area contributed by atoms with E-state index in [1.165, 1.54) is 0 Å². The van der Waals surface area contributed by atoms with E-state index in [-0.39, 0.29) is 17.6 Å². The topological polar surface area (TPSA) is 42.4 Å². The van der Waals surface area contributed by atoms with E-state index in [1.807, 2.05) is 30.0 Å². The van der Waals surface area contributed by atoms with Crippen LogP contribution in [0.1, 0.15) is 36.0 Å². The Morgan fingerprint density at radius 3 is 2.78 bits per heavy atom. The monoisotopic (exact) mass is 350 g/mol. The number of thiophene rings is 1. The second-order valence-corrected chi connectivity index (χ2v) is 7.68. The first-order chi connectivity index (χ1) is 10.8. The maximum atomic E-state index is 12.8. The summed E-state index contributed by atoms with van der Waals surface area (Å²) in [6.07, 6.45) is 1.69. The minimum absolute atomic E-state index is 0.00528. The first-order valence-electron chi connectivity index (χ1n) is 7.45. The normalized spacial score (nSPS) is 17.4. The van der Waals surface area contributed by atoms with Crippen molar-refractivity contribution in [2.45, 2.75) is 32.4 Å². The van der Waals surface area contributed by atoms with Crippen LogP contribution in [0.2, 0.25) is 5.15 Å². The lowest BCUT2D eigenvalue weighted by molar-refractivity contribution is 0.0329. The average Bonchev–Trinajstić information content (AvgIpc) is 3.03. The van der Waals surface area contributed by atoms with Gasteiger partial charge >= 0.3 is 0 Å². The van der Waals surface area contributed by atoms with E-state index in [1.54, 1.807) is 24.6 Å². The third kappa shape index (κ3) is 2.77. The summed E-state index contributed by atoms with van der Waals surface area (Å²) in [6, 6.07) is 5.70. The molecule has 3 rings (SSSR count). The van der Waals surface area contributed by atoms with Crippen LogP contribution in [0.15, 0.2) is 24.4 Å². The quantitative estimate of drug-likeness (QED) is 0.776. The van der Waals surface area contributed by atoms with Crippen LogP contribution in [0.25, 0.3) is 10.4 Å². The van der Waals surface area contributed by atoms with E-state index in [0.29, 0.717) is 11.7 Å². The molecule has 4 nitrogen and oxygen atoms in total. The summed E-state index contributed by atoms with van der Waals surface area (Å²) in [4.78, 5) is 20.8. The van der Waals surface area contributed by atoms with Crippen LogP contribution < -0.4 is 0 Å². The van der Waals surface area contributed by atoms with Gasteiger partial charge in [0.1, 0.15) is 5.15 Å². The Kier molecular flexibility index (Phi) is 4.21. The van der Waals surface area contributed by atoms with Crippen molar-refractivity contribution in [2.75, 3.05) is 13.7 Å². The molecule has 0 aromatic carbocycles. The molecule has 1 atom stereocenters. The first kappa shape index (κ1) is 16.4. The molecule has 23 heavy (non-hydrogen) atoms. The summed E-state index contributed by atoms with van der Waals surface area (Å²) in [5, 5.41) is 0.456. The number of ether oxygens (including phenoxy) is 1. The second-order valence-electron chi connectivity index (χ2n) is 6.24. The third-order valence-electron chi connectivity index (χ3n) is 4.29. The molecule has 0 radical (unpaired) electrons. The minimum Gasteiger partial charge on any atom is -0.380 e. The number of halogens is 1. The lowest BCUT2D eigenvalue weighted by Crippen LogP contribution is -2.43. The summed E-state index contributed by atoms with van der Waals surface area (Å²) in [6.45, 7) is 6.72. The predicted molar refractivity (Wildman–Crippen MR) is 93.1 cm³/mol. The van der Waals surface area contributed by atoms with Crippen molar-refractivity contribution in [3.63, 3.8) is 0 Å². The van der Waals surface area contributed by atoms with E-state index in [2.05, 4.69) is 18.8 Å². The summed E-state index contributed by atoms with van der Waals surface area (Å²) in [5.74, 6) is 0.0663. The summed E-state index contributed by atoms with van der Waals surface area (Å²) in [5.41, 5.74) is 1.44. The molecule has 0 saturated carbocycles. The molecular weight excluding hydrogens is 332 g/mol. The van der Waals surface area contributed by atoms with Gasteiger partial charge in [0.25, 0.3) is 5.91 Å². The Morgan fingerprint density at radius 2 is 2.17 bits per heavy atom. The molecule has 3 heterocycles. The van der Waals surface area contributed by atoms with Crippen LogP contribution >= 0.6 is 22.9 Å². The molecule has 1 aliphatic heterocycles. The van der Waals surface area contributed by atoms with Crippen molar-refractivity contribution in [1.82, 2.24) is 9.88 Å². The average molecular weight is 351 g/mol. The highest BCUT2D eigenvalue weighted by Crippen LogP contribution is 2.46. The molecule has 2 aromatic heterocycles. The van der Waals surface area contributed by atoms with E-state index in [4.69, 9.17) is 16.3 Å². The highest BCUT2D eigenvalue weighted by Gasteiger charge is 2.45. The molecule has 0 unspecified atom stereocenters. The standard InChI is InChI=1S/C17H19ClN2O2S/c1-10(22-4)9-20-16(21)12-8-13(23-15(12)17(20,2)3)11-5-6-19-14(18)7-11/h5-8,10H,9H2,1-4H3/t10-/m1/s1. The number of carbonyl (C=O) groups is 1. The van der Waals surface area contributed by atoms with Crippen molar-refractivity contribution in [2.24, 2.45) is 0 Å². The first-order valence-corrected chi connectivity index (χ1v) is 8.65. The van der Waals surface area contributed by atoms with Crippen LogP contribution in [0.5, 0.6) is 0 Å². The third-order valence-corrected chi connectivity index (χ3v) is 5.99. The molecule has 0 aliphatic carbocycles. The molecule has 122 valence electrons. The number of nitrogens with zero attached hydrogens (tertiary/aromatic N) is 2. The number of carbonyl (C=O) groups excluding carboxylic acids is 1. The zero-order valence-electron chi connectivity index (χ0n) is 13.6. The van der Waals surface area contributed by atoms with E-state index in [9.17, 15) is 4.79 Å². The number of hydrogen-bond acceptors (Lipinski definition) is 4. The molecule has 2 aromatic rings. The number of amides is 1. The summed E-state index contributed by atoms with van der Waals surface area (Å²) < 4.78 is 5.32. The molecular formula is C17H19ClN2O2S. The van der Waals surface area contributed by atoms with Gasteiger partial charge in [-0.05, 0) is 44.5 Å². The number of hydrogen-bond donors (Lipinski definition) is 0. The molecule has 1 amide bonds. The van der Waals surface area contributed by atoms with Gasteiger partial charge in [0.2, 0.25) is 0 Å². The Balaban J connectivity index is 1.98. The van der Waals surface area contributed by atoms with Crippen LogP contribution in [0.3, 0.4) is 0 Å². The van der Waals surface area contributed by atoms with Crippen LogP contribution in [0, 0.1) is 0 Å². The Morgan fingerprint density at radius 1 is 1.43 bits per heavy atom. The molecule has 0 fully saturated rings. The number of pyridine rings is 1. The Labute approximate surface area is 145 Å². The van der Waals surface area contributed by atoms with Crippen molar-refractivity contribution >= 4 is 28.8 Å². The highest BCUT2D eigenvalue weighted by molar-refractivity contribution is 7.16. The largest absolute Gasteiger partial charge is 0.380 e. The molecule has 0 bridgehead atoms. The van der Waals surface area contributed by atoms with Gasteiger partial charge < -0.3 is 9.64 Å². The summed E-state index contributed by atoms with van der Waals surface area (Å²) >= 11 is 7.62. The smallest absolute Gasteiger partial charge is 0.255 e. The Hall–Kier alpha value is -1.43. The van der Waals surface area contributed by atoms with Gasteiger partial charge in [-0.15, -0.1) is 11.3 Å². The minimum atomic E-state index is -0.334. The lowest BCUT2D eigenvalue weighted by atomic mass is 10.0. The van der Waals surface area contributed by atoms with Crippen LogP contribution in [-0.4, -0.2) is 35.5 Å². The number of fused-ring (bicyclic) bond motifs is 1. The Bertz CT molecular complexity index is 757. The van der Waals surface area contributed by atoms with E-state index < -0.39 is 0 Å². The molecule has 1 aliphatic rings. The fourth-order valence-corrected chi connectivity index (χ4v) is 4.30. The lowest BCUT2D eigenvalue weighted by Gasteiger charge is -2.33. The van der Waals surface area contributed by atoms with Gasteiger partial charge in [0.15, 0.2) is 0 Å². The van der Waals surface area contributed by atoms with Gasteiger partial charge in [0, 0.05) is 29.6 Å². The number of aromatic nitrogens is 1. The zero-order chi connectivity index (χ0) is 16.8. The van der Waals surface area contributed by atoms with Gasteiger partial charge in [-0.1, -0.05) is 11.6 Å². The van der Waals surface area contributed by atoms with E-state index >= 15 is 0 Å². The number of rotatable bonds is 4. The van der Waals surface area contributed by atoms with Crippen LogP contribution in [-0.2, 0) is 10.3 Å². The maximum Gasteiger partial charge on any atom is 0.255 e. The second kappa shape index (κ2) is 5.89. The predicted octanol–water partition coefficient (Wildman–Crippen LogP) is 4.19. The fourth-order valence-electron chi connectivity index (χ4n) is 2.87. The van der Waals surface area contributed by atoms with Crippen molar-refractivity contribution in [3.05, 3.63) is 40.0 Å². The molecule has 6 heteroatoms. The zero-order valence-corrected chi connectivity index (χ0v) is 15.2. The fraction of sp³-hybridized carbons (Fsp3) is 0.412. The molecule has 0 saturated heterocycles.